The molecule has 0 bridgehead atoms. The summed E-state index contributed by atoms with van der Waals surface area (Å²) in [5.41, 5.74) is 0.351. The lowest BCUT2D eigenvalue weighted by Crippen LogP contribution is -2.36. The van der Waals surface area contributed by atoms with Crippen LogP contribution in [-0.4, -0.2) is 41.4 Å². The molecule has 24 heavy (non-hydrogen) atoms. The van der Waals surface area contributed by atoms with E-state index >= 15 is 0 Å². The topological polar surface area (TPSA) is 105 Å². The molecule has 3 rings (SSSR count). The summed E-state index contributed by atoms with van der Waals surface area (Å²) in [6, 6.07) is 7.37. The monoisotopic (exact) mass is 332 g/mol. The van der Waals surface area contributed by atoms with Crippen LogP contribution in [0.3, 0.4) is 0 Å². The van der Waals surface area contributed by atoms with Crippen LogP contribution in [0.15, 0.2) is 30.3 Å². The molecule has 0 fully saturated rings. The smallest absolute Gasteiger partial charge is 0.204 e. The second-order valence-corrected chi connectivity index (χ2v) is 5.27. The minimum atomic E-state index is -1.51. The van der Waals surface area contributed by atoms with Crippen LogP contribution in [-0.2, 0) is 0 Å². The van der Waals surface area contributed by atoms with E-state index in [2.05, 4.69) is 0 Å². The zero-order valence-corrected chi connectivity index (χ0v) is 13.0. The number of aliphatic hydroxyl groups is 1. The fourth-order valence-corrected chi connectivity index (χ4v) is 2.68. The number of methoxy groups -OCH3 is 2. The molecule has 0 spiro atoms. The van der Waals surface area contributed by atoms with Gasteiger partial charge in [-0.3, -0.25) is 4.79 Å². The average molecular weight is 332 g/mol. The molecule has 1 aliphatic rings. The molecule has 7 nitrogen and oxygen atoms in total. The molecule has 1 heterocycles. The number of phenols is 2. The van der Waals surface area contributed by atoms with Crippen molar-refractivity contribution in [3.05, 3.63) is 41.5 Å². The van der Waals surface area contributed by atoms with Crippen molar-refractivity contribution in [2.24, 2.45) is 0 Å². The Morgan fingerprint density at radius 2 is 1.75 bits per heavy atom. The molecule has 0 saturated heterocycles. The lowest BCUT2D eigenvalue weighted by molar-refractivity contribution is 0.0209. The van der Waals surface area contributed by atoms with Crippen molar-refractivity contribution in [3.63, 3.8) is 0 Å². The lowest BCUT2D eigenvalue weighted by Gasteiger charge is -2.30. The number of aliphatic hydroxyl groups excluding tert-OH is 1. The van der Waals surface area contributed by atoms with Gasteiger partial charge in [0.2, 0.25) is 11.5 Å². The van der Waals surface area contributed by atoms with Gasteiger partial charge in [0.15, 0.2) is 23.7 Å². The largest absolute Gasteiger partial charge is 0.508 e. The van der Waals surface area contributed by atoms with Crippen LogP contribution in [0, 0.1) is 0 Å². The van der Waals surface area contributed by atoms with Crippen LogP contribution < -0.4 is 14.2 Å². The summed E-state index contributed by atoms with van der Waals surface area (Å²) in [5.74, 6) is -0.808. The molecule has 0 unspecified atom stereocenters. The van der Waals surface area contributed by atoms with E-state index in [1.54, 1.807) is 12.1 Å². The third-order valence-corrected chi connectivity index (χ3v) is 3.89. The van der Waals surface area contributed by atoms with Gasteiger partial charge < -0.3 is 29.5 Å². The zero-order chi connectivity index (χ0) is 17.4. The van der Waals surface area contributed by atoms with Crippen LogP contribution in [0.1, 0.15) is 22.0 Å². The third-order valence-electron chi connectivity index (χ3n) is 3.89. The highest BCUT2D eigenvalue weighted by Crippen LogP contribution is 2.48. The Balaban J connectivity index is 2.11. The van der Waals surface area contributed by atoms with Gasteiger partial charge in [-0.1, -0.05) is 12.1 Å². The standard InChI is InChI=1S/C17H16O7/c1-22-11-7-10-12(14(20)17(11)23-2)13(19)15(21)16(24-10)8-3-5-9(18)6-4-8/h3-7,15-16,18,20-21H,1-2H3/t15-,16-/m0/s1. The maximum absolute atomic E-state index is 12.5. The fraction of sp³-hybridized carbons (Fsp3) is 0.235. The molecular formula is C17H16O7. The van der Waals surface area contributed by atoms with Gasteiger partial charge in [0.05, 0.1) is 14.2 Å². The van der Waals surface area contributed by atoms with Crippen LogP contribution in [0.25, 0.3) is 0 Å². The van der Waals surface area contributed by atoms with E-state index in [0.29, 0.717) is 5.56 Å². The number of ketones is 1. The Bertz CT molecular complexity index is 783. The minimum absolute atomic E-state index is 0.0107. The SMILES string of the molecule is COc1cc2c(c(O)c1OC)C(=O)[C@H](O)[C@H](c1ccc(O)cc1)O2. The first-order valence-corrected chi connectivity index (χ1v) is 7.13. The van der Waals surface area contributed by atoms with E-state index in [4.69, 9.17) is 14.2 Å². The van der Waals surface area contributed by atoms with Crippen LogP contribution in [0.5, 0.6) is 28.7 Å². The molecule has 3 N–H and O–H groups in total. The molecule has 0 aliphatic carbocycles. The van der Waals surface area contributed by atoms with Crippen LogP contribution in [0.2, 0.25) is 0 Å². The summed E-state index contributed by atoms with van der Waals surface area (Å²) in [6.45, 7) is 0. The molecule has 126 valence electrons. The second kappa shape index (κ2) is 5.93. The minimum Gasteiger partial charge on any atom is -0.508 e. The molecule has 0 amide bonds. The number of Topliss-reactive ketones (excluding diaryl/α,β-unsaturated/α-hetero) is 1. The van der Waals surface area contributed by atoms with Crippen molar-refractivity contribution >= 4 is 5.78 Å². The first-order valence-electron chi connectivity index (χ1n) is 7.13. The Hall–Kier alpha value is -2.93. The fourth-order valence-electron chi connectivity index (χ4n) is 2.68. The van der Waals surface area contributed by atoms with E-state index < -0.39 is 23.7 Å². The summed E-state index contributed by atoms with van der Waals surface area (Å²) < 4.78 is 15.9. The molecule has 7 heteroatoms. The van der Waals surface area contributed by atoms with Crippen LogP contribution >= 0.6 is 0 Å². The number of ether oxygens (including phenoxy) is 3. The van der Waals surface area contributed by atoms with E-state index in [1.165, 1.54) is 32.4 Å². The van der Waals surface area contributed by atoms with Gasteiger partial charge in [0.25, 0.3) is 0 Å². The van der Waals surface area contributed by atoms with Gasteiger partial charge in [-0.15, -0.1) is 0 Å². The Morgan fingerprint density at radius 1 is 1.08 bits per heavy atom. The number of aromatic hydroxyl groups is 2. The molecule has 1 aliphatic heterocycles. The molecular weight excluding hydrogens is 316 g/mol. The third kappa shape index (κ3) is 2.39. The summed E-state index contributed by atoms with van der Waals surface area (Å²) in [7, 11) is 2.72. The molecule has 2 aromatic rings. The van der Waals surface area contributed by atoms with E-state index in [0.717, 1.165) is 0 Å². The zero-order valence-electron chi connectivity index (χ0n) is 13.0. The normalized spacial score (nSPS) is 19.4. The summed E-state index contributed by atoms with van der Waals surface area (Å²) >= 11 is 0. The molecule has 0 radical (unpaired) electrons. The van der Waals surface area contributed by atoms with Gasteiger partial charge in [-0.05, 0) is 17.7 Å². The predicted octanol–water partition coefficient (Wildman–Crippen LogP) is 1.79. The van der Waals surface area contributed by atoms with E-state index in [-0.39, 0.29) is 28.6 Å². The number of fused-ring (bicyclic) bond motifs is 1. The number of hydrogen-bond donors (Lipinski definition) is 3. The number of phenolic OH excluding ortho intramolecular Hbond substituents is 2. The highest BCUT2D eigenvalue weighted by molar-refractivity contribution is 6.06. The van der Waals surface area contributed by atoms with Gasteiger partial charge >= 0.3 is 0 Å². The van der Waals surface area contributed by atoms with Crippen molar-refractivity contribution in [1.29, 1.82) is 0 Å². The maximum atomic E-state index is 12.5. The number of carbonyl (C=O) groups excluding carboxylic acids is 1. The first-order chi connectivity index (χ1) is 11.5. The molecule has 2 aromatic carbocycles. The Kier molecular flexibility index (Phi) is 3.94. The van der Waals surface area contributed by atoms with Gasteiger partial charge in [-0.2, -0.15) is 0 Å². The van der Waals surface area contributed by atoms with Gasteiger partial charge in [0.1, 0.15) is 17.1 Å². The van der Waals surface area contributed by atoms with Crippen molar-refractivity contribution in [2.45, 2.75) is 12.2 Å². The number of benzene rings is 2. The average Bonchev–Trinajstić information content (AvgIpc) is 2.58. The first kappa shape index (κ1) is 15.9. The molecule has 0 aromatic heterocycles. The van der Waals surface area contributed by atoms with Crippen molar-refractivity contribution in [1.82, 2.24) is 0 Å². The highest BCUT2D eigenvalue weighted by Gasteiger charge is 2.40. The predicted molar refractivity (Wildman–Crippen MR) is 83.0 cm³/mol. The van der Waals surface area contributed by atoms with Gasteiger partial charge in [0, 0.05) is 6.07 Å². The van der Waals surface area contributed by atoms with Gasteiger partial charge in [-0.25, -0.2) is 0 Å². The van der Waals surface area contributed by atoms with Crippen molar-refractivity contribution in [2.75, 3.05) is 14.2 Å². The number of hydrogen-bond acceptors (Lipinski definition) is 7. The summed E-state index contributed by atoms with van der Waals surface area (Å²) in [6.07, 6.45) is -2.48. The van der Waals surface area contributed by atoms with Crippen molar-refractivity contribution in [3.8, 4) is 28.7 Å². The Labute approximate surface area is 137 Å². The van der Waals surface area contributed by atoms with E-state index in [1.807, 2.05) is 0 Å². The lowest BCUT2D eigenvalue weighted by atomic mass is 9.92. The highest BCUT2D eigenvalue weighted by atomic mass is 16.5. The summed E-state index contributed by atoms with van der Waals surface area (Å²) in [5, 5.41) is 29.9. The van der Waals surface area contributed by atoms with Crippen LogP contribution in [0.4, 0.5) is 0 Å². The van der Waals surface area contributed by atoms with Crippen molar-refractivity contribution < 1.29 is 34.3 Å². The second-order valence-electron chi connectivity index (χ2n) is 5.27. The number of rotatable bonds is 3. The van der Waals surface area contributed by atoms with E-state index in [9.17, 15) is 20.1 Å². The summed E-state index contributed by atoms with van der Waals surface area (Å²) in [4.78, 5) is 12.5. The number of carbonyl (C=O) groups is 1. The quantitative estimate of drug-likeness (QED) is 0.787. The Morgan fingerprint density at radius 3 is 2.33 bits per heavy atom. The molecule has 0 saturated carbocycles. The maximum Gasteiger partial charge on any atom is 0.204 e. The molecule has 2 atom stereocenters.